The van der Waals surface area contributed by atoms with Crippen LogP contribution in [-0.2, 0) is 10.5 Å². The molecule has 2 rings (SSSR count). The topological polar surface area (TPSA) is 66.6 Å². The molecule has 0 radical (unpaired) electrons. The number of amides is 1. The number of aliphatic hydroxyl groups is 1. The van der Waals surface area contributed by atoms with Crippen molar-refractivity contribution in [2.45, 2.75) is 38.5 Å². The van der Waals surface area contributed by atoms with Crippen molar-refractivity contribution in [3.63, 3.8) is 0 Å². The first-order valence-corrected chi connectivity index (χ1v) is 7.68. The first-order valence-electron chi connectivity index (χ1n) is 6.53. The third-order valence-electron chi connectivity index (χ3n) is 3.40. The number of carbonyl (C=O) groups excluding carboxylic acids is 1. The minimum absolute atomic E-state index is 0.107. The van der Waals surface area contributed by atoms with E-state index in [-0.39, 0.29) is 12.0 Å². The van der Waals surface area contributed by atoms with E-state index in [1.165, 1.54) is 0 Å². The highest BCUT2D eigenvalue weighted by Crippen LogP contribution is 2.20. The van der Waals surface area contributed by atoms with Crippen LogP contribution in [0.15, 0.2) is 4.52 Å². The summed E-state index contributed by atoms with van der Waals surface area (Å²) in [5, 5.41) is 13.5. The third kappa shape index (κ3) is 3.73. The van der Waals surface area contributed by atoms with Gasteiger partial charge in [-0.25, -0.2) is 0 Å². The van der Waals surface area contributed by atoms with Crippen LogP contribution >= 0.6 is 11.8 Å². The van der Waals surface area contributed by atoms with Gasteiger partial charge in [-0.15, -0.1) is 11.8 Å². The Morgan fingerprint density at radius 3 is 3.00 bits per heavy atom. The van der Waals surface area contributed by atoms with Crippen molar-refractivity contribution >= 4 is 17.7 Å². The Morgan fingerprint density at radius 1 is 1.58 bits per heavy atom. The average Bonchev–Trinajstić information content (AvgIpc) is 2.70. The minimum atomic E-state index is -0.356. The molecule has 1 saturated heterocycles. The molecular weight excluding hydrogens is 264 g/mol. The predicted octanol–water partition coefficient (Wildman–Crippen LogP) is 1.51. The van der Waals surface area contributed by atoms with Crippen LogP contribution in [0.3, 0.4) is 0 Å². The lowest BCUT2D eigenvalue weighted by Gasteiger charge is -2.30. The number of aliphatic hydroxyl groups excluding tert-OH is 1. The molecule has 0 aromatic carbocycles. The fraction of sp³-hybridized carbons (Fsp3) is 0.692. The quantitative estimate of drug-likeness (QED) is 0.907. The van der Waals surface area contributed by atoms with E-state index in [1.54, 1.807) is 16.7 Å². The summed E-state index contributed by atoms with van der Waals surface area (Å²) in [6.07, 6.45) is 1.34. The van der Waals surface area contributed by atoms with Crippen molar-refractivity contribution in [1.29, 1.82) is 0 Å². The van der Waals surface area contributed by atoms with E-state index >= 15 is 0 Å². The zero-order valence-electron chi connectivity index (χ0n) is 11.4. The van der Waals surface area contributed by atoms with Crippen LogP contribution < -0.4 is 0 Å². The van der Waals surface area contributed by atoms with Crippen LogP contribution in [-0.4, -0.2) is 46.0 Å². The first-order chi connectivity index (χ1) is 9.08. The number of thioether (sulfide) groups is 1. The molecule has 1 aromatic heterocycles. The molecular formula is C13H20N2O3S. The molecule has 0 bridgehead atoms. The molecule has 1 fully saturated rings. The maximum absolute atomic E-state index is 12.0. The van der Waals surface area contributed by atoms with E-state index in [4.69, 9.17) is 4.52 Å². The smallest absolute Gasteiger partial charge is 0.232 e. The van der Waals surface area contributed by atoms with E-state index in [2.05, 4.69) is 5.16 Å². The molecule has 1 unspecified atom stereocenters. The SMILES string of the molecule is Cc1noc(C)c1CSCC(=O)N1CCCC(O)C1. The van der Waals surface area contributed by atoms with Gasteiger partial charge in [-0.2, -0.15) is 0 Å². The third-order valence-corrected chi connectivity index (χ3v) is 4.35. The average molecular weight is 284 g/mol. The molecule has 6 heteroatoms. The Labute approximate surface area is 117 Å². The number of nitrogens with zero attached hydrogens (tertiary/aromatic N) is 2. The standard InChI is InChI=1S/C13H20N2O3S/c1-9-12(10(2)18-14-9)7-19-8-13(17)15-5-3-4-11(16)6-15/h11,16H,3-8H2,1-2H3. The van der Waals surface area contributed by atoms with E-state index in [9.17, 15) is 9.90 Å². The van der Waals surface area contributed by atoms with Gasteiger partial charge in [0.05, 0.1) is 17.6 Å². The van der Waals surface area contributed by atoms with Gasteiger partial charge >= 0.3 is 0 Å². The molecule has 1 aromatic rings. The second-order valence-corrected chi connectivity index (χ2v) is 5.92. The molecule has 5 nitrogen and oxygen atoms in total. The van der Waals surface area contributed by atoms with Gasteiger partial charge in [0.25, 0.3) is 0 Å². The fourth-order valence-corrected chi connectivity index (χ4v) is 3.30. The van der Waals surface area contributed by atoms with Crippen molar-refractivity contribution < 1.29 is 14.4 Å². The van der Waals surface area contributed by atoms with Crippen molar-refractivity contribution in [3.05, 3.63) is 17.0 Å². The van der Waals surface area contributed by atoms with Crippen LogP contribution in [0.2, 0.25) is 0 Å². The predicted molar refractivity (Wildman–Crippen MR) is 74.0 cm³/mol. The zero-order valence-corrected chi connectivity index (χ0v) is 12.2. The number of carbonyl (C=O) groups is 1. The number of rotatable bonds is 4. The maximum atomic E-state index is 12.0. The zero-order chi connectivity index (χ0) is 13.8. The van der Waals surface area contributed by atoms with E-state index in [0.717, 1.165) is 42.2 Å². The van der Waals surface area contributed by atoms with Crippen LogP contribution in [0.4, 0.5) is 0 Å². The summed E-state index contributed by atoms with van der Waals surface area (Å²) < 4.78 is 5.09. The summed E-state index contributed by atoms with van der Waals surface area (Å²) in [5.41, 5.74) is 1.97. The van der Waals surface area contributed by atoms with Crippen LogP contribution in [0.1, 0.15) is 29.9 Å². The Kier molecular flexibility index (Phi) is 4.87. The van der Waals surface area contributed by atoms with Crippen LogP contribution in [0.25, 0.3) is 0 Å². The summed E-state index contributed by atoms with van der Waals surface area (Å²) in [6, 6.07) is 0. The summed E-state index contributed by atoms with van der Waals surface area (Å²) in [7, 11) is 0. The Balaban J connectivity index is 1.78. The van der Waals surface area contributed by atoms with Gasteiger partial charge in [-0.05, 0) is 26.7 Å². The number of piperidine rings is 1. The van der Waals surface area contributed by atoms with Gasteiger partial charge in [0, 0.05) is 24.4 Å². The molecule has 1 amide bonds. The molecule has 1 aliphatic heterocycles. The maximum Gasteiger partial charge on any atom is 0.232 e. The van der Waals surface area contributed by atoms with Gasteiger partial charge in [0.1, 0.15) is 5.76 Å². The van der Waals surface area contributed by atoms with Crippen molar-refractivity contribution in [1.82, 2.24) is 10.1 Å². The van der Waals surface area contributed by atoms with Gasteiger partial charge < -0.3 is 14.5 Å². The molecule has 19 heavy (non-hydrogen) atoms. The number of likely N-dealkylation sites (tertiary alicyclic amines) is 1. The monoisotopic (exact) mass is 284 g/mol. The Bertz CT molecular complexity index is 428. The molecule has 1 aliphatic rings. The first kappa shape index (κ1) is 14.4. The molecule has 2 heterocycles. The van der Waals surface area contributed by atoms with Gasteiger partial charge in [0.2, 0.25) is 5.91 Å². The summed E-state index contributed by atoms with van der Waals surface area (Å²) in [6.45, 7) is 5.04. The number of hydrogen-bond donors (Lipinski definition) is 1. The highest BCUT2D eigenvalue weighted by atomic mass is 32.2. The van der Waals surface area contributed by atoms with Crippen LogP contribution in [0.5, 0.6) is 0 Å². The highest BCUT2D eigenvalue weighted by molar-refractivity contribution is 7.99. The van der Waals surface area contributed by atoms with E-state index in [0.29, 0.717) is 12.3 Å². The highest BCUT2D eigenvalue weighted by Gasteiger charge is 2.21. The number of hydrogen-bond acceptors (Lipinski definition) is 5. The lowest BCUT2D eigenvalue weighted by Crippen LogP contribution is -2.43. The van der Waals surface area contributed by atoms with Crippen molar-refractivity contribution in [2.75, 3.05) is 18.8 Å². The van der Waals surface area contributed by atoms with Crippen molar-refractivity contribution in [2.24, 2.45) is 0 Å². The molecule has 0 aliphatic carbocycles. The molecule has 1 atom stereocenters. The second kappa shape index (κ2) is 6.43. The Morgan fingerprint density at radius 2 is 2.37 bits per heavy atom. The Hall–Kier alpha value is -1.01. The number of aromatic nitrogens is 1. The molecule has 0 spiro atoms. The summed E-state index contributed by atoms with van der Waals surface area (Å²) in [5.74, 6) is 2.11. The summed E-state index contributed by atoms with van der Waals surface area (Å²) in [4.78, 5) is 13.8. The largest absolute Gasteiger partial charge is 0.391 e. The fourth-order valence-electron chi connectivity index (χ4n) is 2.22. The number of aryl methyl sites for hydroxylation is 2. The second-order valence-electron chi connectivity index (χ2n) is 4.93. The van der Waals surface area contributed by atoms with Crippen LogP contribution in [0, 0.1) is 13.8 Å². The van der Waals surface area contributed by atoms with E-state index in [1.807, 2.05) is 13.8 Å². The molecule has 1 N–H and O–H groups in total. The molecule has 106 valence electrons. The minimum Gasteiger partial charge on any atom is -0.391 e. The summed E-state index contributed by atoms with van der Waals surface area (Å²) >= 11 is 1.57. The van der Waals surface area contributed by atoms with E-state index < -0.39 is 0 Å². The number of β-amino-alcohol motifs (C(OH)–C–C–N with tert-alkyl or cyclic N) is 1. The normalized spacial score (nSPS) is 19.7. The molecule has 0 saturated carbocycles. The lowest BCUT2D eigenvalue weighted by atomic mass is 10.1. The van der Waals surface area contributed by atoms with Gasteiger partial charge in [-0.1, -0.05) is 5.16 Å². The van der Waals surface area contributed by atoms with Gasteiger partial charge in [-0.3, -0.25) is 4.79 Å². The lowest BCUT2D eigenvalue weighted by molar-refractivity contribution is -0.131. The van der Waals surface area contributed by atoms with Crippen molar-refractivity contribution in [3.8, 4) is 0 Å². The van der Waals surface area contributed by atoms with Gasteiger partial charge in [0.15, 0.2) is 0 Å².